The quantitative estimate of drug-likeness (QED) is 0.571. The number of hydrogen-bond acceptors (Lipinski definition) is 2. The summed E-state index contributed by atoms with van der Waals surface area (Å²) in [6.07, 6.45) is 1.52. The summed E-state index contributed by atoms with van der Waals surface area (Å²) in [6, 6.07) is 31.4. The van der Waals surface area contributed by atoms with Crippen molar-refractivity contribution in [2.75, 3.05) is 0 Å². The van der Waals surface area contributed by atoms with Gasteiger partial charge in [-0.1, -0.05) is 78.9 Å². The molecular formula is C24H23NOS. The van der Waals surface area contributed by atoms with E-state index in [4.69, 9.17) is 0 Å². The number of carbonyl (C=O) groups excluding carboxylic acids is 1. The van der Waals surface area contributed by atoms with E-state index >= 15 is 0 Å². The van der Waals surface area contributed by atoms with Gasteiger partial charge in [0.2, 0.25) is 5.91 Å². The van der Waals surface area contributed by atoms with E-state index < -0.39 is 0 Å². The highest BCUT2D eigenvalue weighted by atomic mass is 32.2. The average Bonchev–Trinajstić information content (AvgIpc) is 2.73. The van der Waals surface area contributed by atoms with E-state index in [2.05, 4.69) is 65.6 Å². The fourth-order valence-corrected chi connectivity index (χ4v) is 5.06. The minimum Gasteiger partial charge on any atom is -0.330 e. The molecule has 4 rings (SSSR count). The van der Waals surface area contributed by atoms with E-state index in [0.29, 0.717) is 18.2 Å². The van der Waals surface area contributed by atoms with Gasteiger partial charge in [-0.15, -0.1) is 11.8 Å². The zero-order valence-corrected chi connectivity index (χ0v) is 16.0. The first-order valence-corrected chi connectivity index (χ1v) is 10.3. The number of thioether (sulfide) groups is 1. The summed E-state index contributed by atoms with van der Waals surface area (Å²) >= 11 is 1.89. The maximum Gasteiger partial charge on any atom is 0.223 e. The number of nitrogens with zero attached hydrogens (tertiary/aromatic N) is 1. The first kappa shape index (κ1) is 17.9. The highest BCUT2D eigenvalue weighted by Crippen LogP contribution is 2.42. The van der Waals surface area contributed by atoms with Gasteiger partial charge in [0.25, 0.3) is 0 Å². The highest BCUT2D eigenvalue weighted by Gasteiger charge is 2.37. The largest absolute Gasteiger partial charge is 0.330 e. The molecule has 1 aliphatic rings. The van der Waals surface area contributed by atoms with Crippen molar-refractivity contribution in [3.05, 3.63) is 102 Å². The van der Waals surface area contributed by atoms with Gasteiger partial charge in [-0.3, -0.25) is 4.79 Å². The second-order valence-corrected chi connectivity index (χ2v) is 8.18. The lowest BCUT2D eigenvalue weighted by Gasteiger charge is -2.41. The van der Waals surface area contributed by atoms with E-state index in [9.17, 15) is 4.79 Å². The van der Waals surface area contributed by atoms with Gasteiger partial charge in [-0.25, -0.2) is 0 Å². The van der Waals surface area contributed by atoms with Gasteiger partial charge in [0.15, 0.2) is 0 Å². The molecule has 0 aliphatic carbocycles. The molecule has 1 saturated heterocycles. The molecule has 136 valence electrons. The molecule has 3 aromatic rings. The molecule has 2 atom stereocenters. The monoisotopic (exact) mass is 373 g/mol. The van der Waals surface area contributed by atoms with Gasteiger partial charge in [0.1, 0.15) is 0 Å². The SMILES string of the molecule is O=C1CCC(Sc2ccccc2)C(c2ccccc2)N1Cc1ccccc1. The number of hydrogen-bond donors (Lipinski definition) is 0. The van der Waals surface area contributed by atoms with Crippen molar-refractivity contribution in [1.82, 2.24) is 4.90 Å². The van der Waals surface area contributed by atoms with Crippen molar-refractivity contribution in [2.24, 2.45) is 0 Å². The number of piperidine rings is 1. The maximum absolute atomic E-state index is 12.9. The smallest absolute Gasteiger partial charge is 0.223 e. The molecule has 1 aliphatic heterocycles. The van der Waals surface area contributed by atoms with Crippen molar-refractivity contribution < 1.29 is 4.79 Å². The molecule has 0 radical (unpaired) electrons. The first-order valence-electron chi connectivity index (χ1n) is 9.41. The standard InChI is InChI=1S/C24H23NOS/c26-23-17-16-22(27-21-14-8-3-9-15-21)24(20-12-6-2-7-13-20)25(23)18-19-10-4-1-5-11-19/h1-15,22,24H,16-18H2. The summed E-state index contributed by atoms with van der Waals surface area (Å²) < 4.78 is 0. The van der Waals surface area contributed by atoms with Crippen LogP contribution < -0.4 is 0 Å². The lowest BCUT2D eigenvalue weighted by molar-refractivity contribution is -0.137. The number of likely N-dealkylation sites (tertiary alicyclic amines) is 1. The van der Waals surface area contributed by atoms with Crippen LogP contribution in [0.4, 0.5) is 0 Å². The van der Waals surface area contributed by atoms with Crippen LogP contribution >= 0.6 is 11.8 Å². The first-order chi connectivity index (χ1) is 13.3. The number of amides is 1. The van der Waals surface area contributed by atoms with Crippen LogP contribution in [0.3, 0.4) is 0 Å². The highest BCUT2D eigenvalue weighted by molar-refractivity contribution is 8.00. The van der Waals surface area contributed by atoms with Crippen LogP contribution in [0.1, 0.15) is 30.0 Å². The predicted molar refractivity (Wildman–Crippen MR) is 111 cm³/mol. The molecule has 0 bridgehead atoms. The van der Waals surface area contributed by atoms with Crippen molar-refractivity contribution in [3.63, 3.8) is 0 Å². The molecule has 0 N–H and O–H groups in total. The Bertz CT molecular complexity index is 867. The summed E-state index contributed by atoms with van der Waals surface area (Å²) in [6.45, 7) is 0.658. The van der Waals surface area contributed by atoms with Gasteiger partial charge < -0.3 is 4.90 Å². The number of rotatable bonds is 5. The Morgan fingerprint density at radius 2 is 1.41 bits per heavy atom. The van der Waals surface area contributed by atoms with Crippen molar-refractivity contribution in [3.8, 4) is 0 Å². The maximum atomic E-state index is 12.9. The summed E-state index contributed by atoms with van der Waals surface area (Å²) in [7, 11) is 0. The van der Waals surface area contributed by atoms with Crippen LogP contribution in [0.25, 0.3) is 0 Å². The van der Waals surface area contributed by atoms with Crippen LogP contribution in [0.2, 0.25) is 0 Å². The summed E-state index contributed by atoms with van der Waals surface area (Å²) in [4.78, 5) is 16.2. The topological polar surface area (TPSA) is 20.3 Å². The molecule has 1 fully saturated rings. The molecule has 0 aromatic heterocycles. The van der Waals surface area contributed by atoms with Crippen LogP contribution in [0.15, 0.2) is 95.9 Å². The van der Waals surface area contributed by atoms with Crippen molar-refractivity contribution in [1.29, 1.82) is 0 Å². The van der Waals surface area contributed by atoms with Gasteiger partial charge in [-0.2, -0.15) is 0 Å². The predicted octanol–water partition coefficient (Wildman–Crippen LogP) is 5.71. The van der Waals surface area contributed by atoms with Gasteiger partial charge in [0.05, 0.1) is 6.04 Å². The zero-order chi connectivity index (χ0) is 18.5. The summed E-state index contributed by atoms with van der Waals surface area (Å²) in [5.41, 5.74) is 2.40. The lowest BCUT2D eigenvalue weighted by atomic mass is 9.93. The Labute approximate surface area is 165 Å². The normalized spacial score (nSPS) is 19.9. The van der Waals surface area contributed by atoms with Crippen LogP contribution in [-0.2, 0) is 11.3 Å². The Kier molecular flexibility index (Phi) is 5.59. The second kappa shape index (κ2) is 8.45. The zero-order valence-electron chi connectivity index (χ0n) is 15.2. The Balaban J connectivity index is 1.67. The Morgan fingerprint density at radius 1 is 0.815 bits per heavy atom. The van der Waals surface area contributed by atoms with Crippen LogP contribution in [0.5, 0.6) is 0 Å². The molecule has 27 heavy (non-hydrogen) atoms. The number of carbonyl (C=O) groups is 1. The second-order valence-electron chi connectivity index (χ2n) is 6.87. The van der Waals surface area contributed by atoms with Crippen molar-refractivity contribution in [2.45, 2.75) is 35.6 Å². The summed E-state index contributed by atoms with van der Waals surface area (Å²) in [5.74, 6) is 0.248. The third-order valence-corrected chi connectivity index (χ3v) is 6.36. The van der Waals surface area contributed by atoms with E-state index in [1.165, 1.54) is 16.0 Å². The fraction of sp³-hybridized carbons (Fsp3) is 0.208. The van der Waals surface area contributed by atoms with Crippen LogP contribution in [0, 0.1) is 0 Å². The lowest BCUT2D eigenvalue weighted by Crippen LogP contribution is -2.43. The van der Waals surface area contributed by atoms with E-state index in [1.807, 2.05) is 42.1 Å². The van der Waals surface area contributed by atoms with E-state index in [-0.39, 0.29) is 11.9 Å². The third-order valence-electron chi connectivity index (χ3n) is 5.02. The van der Waals surface area contributed by atoms with Gasteiger partial charge >= 0.3 is 0 Å². The third kappa shape index (κ3) is 4.25. The average molecular weight is 374 g/mol. The molecule has 3 aromatic carbocycles. The van der Waals surface area contributed by atoms with Gasteiger partial charge in [-0.05, 0) is 29.7 Å². The Hall–Kier alpha value is -2.52. The number of benzene rings is 3. The molecule has 2 unspecified atom stereocenters. The van der Waals surface area contributed by atoms with Gasteiger partial charge in [0, 0.05) is 23.1 Å². The molecule has 0 saturated carbocycles. The Morgan fingerprint density at radius 3 is 2.07 bits per heavy atom. The minimum absolute atomic E-state index is 0.0814. The van der Waals surface area contributed by atoms with E-state index in [1.54, 1.807) is 0 Å². The van der Waals surface area contributed by atoms with E-state index in [0.717, 1.165) is 6.42 Å². The fourth-order valence-electron chi connectivity index (χ4n) is 3.73. The molecule has 2 nitrogen and oxygen atoms in total. The summed E-state index contributed by atoms with van der Waals surface area (Å²) in [5, 5.41) is 0.344. The molecule has 1 amide bonds. The minimum atomic E-state index is 0.0814. The molecule has 3 heteroatoms. The van der Waals surface area contributed by atoms with Crippen LogP contribution in [-0.4, -0.2) is 16.1 Å². The molecule has 0 spiro atoms. The molecule has 1 heterocycles. The molecular weight excluding hydrogens is 350 g/mol. The van der Waals surface area contributed by atoms with Crippen molar-refractivity contribution >= 4 is 17.7 Å².